The average Bonchev–Trinajstić information content (AvgIpc) is 2.16. The van der Waals surface area contributed by atoms with Crippen LogP contribution in [0.15, 0.2) is 29.4 Å². The first-order valence-electron chi connectivity index (χ1n) is 4.13. The number of oxime groups is 1. The summed E-state index contributed by atoms with van der Waals surface area (Å²) in [5.74, 6) is -1.20. The van der Waals surface area contributed by atoms with E-state index in [-0.39, 0.29) is 12.1 Å². The molecule has 2 N–H and O–H groups in total. The normalized spacial score (nSPS) is 11.4. The molecule has 0 radical (unpaired) electrons. The van der Waals surface area contributed by atoms with Crippen LogP contribution >= 0.6 is 0 Å². The molecule has 0 bridgehead atoms. The lowest BCUT2D eigenvalue weighted by atomic mass is 10.1. The Bertz CT molecular complexity index is 354. The molecule has 0 fully saturated rings. The summed E-state index contributed by atoms with van der Waals surface area (Å²) in [7, 11) is 0. The predicted octanol–water partition coefficient (Wildman–Crippen LogP) is 1.45. The smallest absolute Gasteiger partial charge is 0.354 e. The summed E-state index contributed by atoms with van der Waals surface area (Å²) >= 11 is 0. The Balaban J connectivity index is 2.78. The van der Waals surface area contributed by atoms with Crippen LogP contribution in [0, 0.1) is 6.92 Å². The molecule has 0 saturated heterocycles. The van der Waals surface area contributed by atoms with Gasteiger partial charge in [0.05, 0.1) is 0 Å². The monoisotopic (exact) mass is 193 g/mol. The van der Waals surface area contributed by atoms with E-state index in [0.717, 1.165) is 11.1 Å². The summed E-state index contributed by atoms with van der Waals surface area (Å²) in [6.07, 6.45) is 0.131. The lowest BCUT2D eigenvalue weighted by Gasteiger charge is -2.00. The number of benzene rings is 1. The van der Waals surface area contributed by atoms with Crippen molar-refractivity contribution >= 4 is 11.7 Å². The summed E-state index contributed by atoms with van der Waals surface area (Å²) in [5.41, 5.74) is 1.66. The average molecular weight is 193 g/mol. The minimum Gasteiger partial charge on any atom is -0.477 e. The highest BCUT2D eigenvalue weighted by Gasteiger charge is 2.10. The minimum absolute atomic E-state index is 0.131. The van der Waals surface area contributed by atoms with Gasteiger partial charge in [-0.15, -0.1) is 0 Å². The fourth-order valence-electron chi connectivity index (χ4n) is 1.05. The highest BCUT2D eigenvalue weighted by Crippen LogP contribution is 2.04. The molecule has 4 nitrogen and oxygen atoms in total. The van der Waals surface area contributed by atoms with E-state index in [9.17, 15) is 4.79 Å². The fraction of sp³-hybridized carbons (Fsp3) is 0.200. The zero-order valence-corrected chi connectivity index (χ0v) is 7.77. The maximum absolute atomic E-state index is 10.5. The Morgan fingerprint density at radius 2 is 1.93 bits per heavy atom. The number of hydrogen-bond donors (Lipinski definition) is 2. The van der Waals surface area contributed by atoms with E-state index in [1.165, 1.54) is 0 Å². The van der Waals surface area contributed by atoms with Crippen LogP contribution in [0.4, 0.5) is 0 Å². The molecule has 0 aliphatic rings. The summed E-state index contributed by atoms with van der Waals surface area (Å²) in [6.45, 7) is 1.95. The van der Waals surface area contributed by atoms with Crippen LogP contribution in [0.25, 0.3) is 0 Å². The van der Waals surface area contributed by atoms with Crippen molar-refractivity contribution in [1.29, 1.82) is 0 Å². The van der Waals surface area contributed by atoms with E-state index in [2.05, 4.69) is 5.16 Å². The van der Waals surface area contributed by atoms with Gasteiger partial charge in [0.25, 0.3) is 0 Å². The highest BCUT2D eigenvalue weighted by atomic mass is 16.4. The summed E-state index contributed by atoms with van der Waals surface area (Å²) in [6, 6.07) is 7.38. The number of aryl methyl sites for hydroxylation is 1. The number of carbonyl (C=O) groups is 1. The van der Waals surface area contributed by atoms with Crippen LogP contribution in [-0.2, 0) is 11.2 Å². The van der Waals surface area contributed by atoms with E-state index in [1.54, 1.807) is 0 Å². The Morgan fingerprint density at radius 3 is 2.36 bits per heavy atom. The standard InChI is InChI=1S/C10H11NO3/c1-7-2-4-8(5-3-7)6-9(11-14)10(12)13/h2-5,14H,6H2,1H3,(H,12,13)/b11-9-. The second kappa shape index (κ2) is 4.41. The van der Waals surface area contributed by atoms with Gasteiger partial charge < -0.3 is 10.3 Å². The van der Waals surface area contributed by atoms with E-state index in [0.29, 0.717) is 0 Å². The van der Waals surface area contributed by atoms with E-state index >= 15 is 0 Å². The minimum atomic E-state index is -1.20. The Labute approximate surface area is 81.5 Å². The van der Waals surface area contributed by atoms with Crippen molar-refractivity contribution in [2.75, 3.05) is 0 Å². The van der Waals surface area contributed by atoms with Gasteiger partial charge >= 0.3 is 5.97 Å². The van der Waals surface area contributed by atoms with Crippen molar-refractivity contribution < 1.29 is 15.1 Å². The summed E-state index contributed by atoms with van der Waals surface area (Å²) in [4.78, 5) is 10.5. The van der Waals surface area contributed by atoms with Crippen molar-refractivity contribution in [3.05, 3.63) is 35.4 Å². The second-order valence-electron chi connectivity index (χ2n) is 3.01. The molecule has 4 heteroatoms. The number of aliphatic carboxylic acids is 1. The Kier molecular flexibility index (Phi) is 3.23. The molecule has 1 aromatic carbocycles. The first kappa shape index (κ1) is 10.2. The van der Waals surface area contributed by atoms with Crippen LogP contribution < -0.4 is 0 Å². The molecule has 0 aliphatic heterocycles. The molecule has 0 unspecified atom stereocenters. The van der Waals surface area contributed by atoms with E-state index < -0.39 is 5.97 Å². The third kappa shape index (κ3) is 2.58. The molecule has 0 aliphatic carbocycles. The Hall–Kier alpha value is -1.84. The first-order chi connectivity index (χ1) is 6.63. The van der Waals surface area contributed by atoms with Crippen molar-refractivity contribution in [1.82, 2.24) is 0 Å². The first-order valence-corrected chi connectivity index (χ1v) is 4.13. The molecule has 74 valence electrons. The fourth-order valence-corrected chi connectivity index (χ4v) is 1.05. The topological polar surface area (TPSA) is 69.9 Å². The third-order valence-electron chi connectivity index (χ3n) is 1.86. The number of rotatable bonds is 3. The quantitative estimate of drug-likeness (QED) is 0.433. The predicted molar refractivity (Wildman–Crippen MR) is 51.7 cm³/mol. The van der Waals surface area contributed by atoms with Gasteiger partial charge in [-0.3, -0.25) is 0 Å². The zero-order chi connectivity index (χ0) is 10.6. The van der Waals surface area contributed by atoms with Gasteiger partial charge in [0.2, 0.25) is 0 Å². The molecule has 1 aromatic rings. The molecule has 0 saturated carbocycles. The maximum Gasteiger partial charge on any atom is 0.354 e. The largest absolute Gasteiger partial charge is 0.477 e. The summed E-state index contributed by atoms with van der Waals surface area (Å²) < 4.78 is 0. The van der Waals surface area contributed by atoms with Crippen molar-refractivity contribution in [2.24, 2.45) is 5.16 Å². The van der Waals surface area contributed by atoms with Crippen molar-refractivity contribution in [3.8, 4) is 0 Å². The number of hydrogen-bond acceptors (Lipinski definition) is 3. The van der Waals surface area contributed by atoms with Crippen molar-refractivity contribution in [2.45, 2.75) is 13.3 Å². The molecule has 14 heavy (non-hydrogen) atoms. The lowest BCUT2D eigenvalue weighted by molar-refractivity contribution is -0.129. The highest BCUT2D eigenvalue weighted by molar-refractivity contribution is 6.35. The second-order valence-corrected chi connectivity index (χ2v) is 3.01. The molecule has 1 rings (SSSR count). The van der Waals surface area contributed by atoms with Crippen molar-refractivity contribution in [3.63, 3.8) is 0 Å². The van der Waals surface area contributed by atoms with Crippen LogP contribution in [-0.4, -0.2) is 22.0 Å². The van der Waals surface area contributed by atoms with Gasteiger partial charge in [0, 0.05) is 6.42 Å². The van der Waals surface area contributed by atoms with Gasteiger partial charge in [0.1, 0.15) is 0 Å². The van der Waals surface area contributed by atoms with Gasteiger partial charge in [-0.1, -0.05) is 35.0 Å². The molecule has 0 atom stereocenters. The Morgan fingerprint density at radius 1 is 1.36 bits per heavy atom. The van der Waals surface area contributed by atoms with Gasteiger partial charge in [-0.25, -0.2) is 4.79 Å². The number of nitrogens with zero attached hydrogens (tertiary/aromatic N) is 1. The van der Waals surface area contributed by atoms with Crippen LogP contribution in [0.1, 0.15) is 11.1 Å². The lowest BCUT2D eigenvalue weighted by Crippen LogP contribution is -2.15. The molecule has 0 amide bonds. The molecule has 0 heterocycles. The molecular formula is C10H11NO3. The molecule has 0 aromatic heterocycles. The number of carboxylic acids is 1. The van der Waals surface area contributed by atoms with E-state index in [1.807, 2.05) is 31.2 Å². The third-order valence-corrected chi connectivity index (χ3v) is 1.86. The maximum atomic E-state index is 10.5. The molecule has 0 spiro atoms. The van der Waals surface area contributed by atoms with Gasteiger partial charge in [-0.05, 0) is 12.5 Å². The zero-order valence-electron chi connectivity index (χ0n) is 7.77. The summed E-state index contributed by atoms with van der Waals surface area (Å²) in [5, 5.41) is 19.7. The van der Waals surface area contributed by atoms with Gasteiger partial charge in [0.15, 0.2) is 5.71 Å². The van der Waals surface area contributed by atoms with E-state index in [4.69, 9.17) is 10.3 Å². The van der Waals surface area contributed by atoms with Crippen LogP contribution in [0.5, 0.6) is 0 Å². The molecular weight excluding hydrogens is 182 g/mol. The van der Waals surface area contributed by atoms with Crippen LogP contribution in [0.2, 0.25) is 0 Å². The SMILES string of the molecule is Cc1ccc(C/C(=N/O)C(=O)O)cc1. The van der Waals surface area contributed by atoms with Crippen LogP contribution in [0.3, 0.4) is 0 Å². The number of carboxylic acid groups (broad SMARTS) is 1. The van der Waals surface area contributed by atoms with Gasteiger partial charge in [-0.2, -0.15) is 0 Å².